The Bertz CT molecular complexity index is 596. The van der Waals surface area contributed by atoms with Gasteiger partial charge in [-0.3, -0.25) is 0 Å². The average molecular weight is 346 g/mol. The van der Waals surface area contributed by atoms with Crippen LogP contribution in [0.4, 0.5) is 18.9 Å². The lowest BCUT2D eigenvalue weighted by Gasteiger charge is -2.15. The minimum Gasteiger partial charge on any atom is -0.508 e. The topological polar surface area (TPSA) is 32.3 Å². The van der Waals surface area contributed by atoms with Crippen LogP contribution in [0.25, 0.3) is 0 Å². The zero-order valence-electron chi connectivity index (χ0n) is 10.2. The molecule has 2 nitrogen and oxygen atoms in total. The number of anilines is 1. The van der Waals surface area contributed by atoms with Crippen molar-refractivity contribution in [2.24, 2.45) is 0 Å². The van der Waals surface area contributed by atoms with Crippen LogP contribution in [0.5, 0.6) is 5.75 Å². The van der Waals surface area contributed by atoms with Gasteiger partial charge >= 0.3 is 6.18 Å². The summed E-state index contributed by atoms with van der Waals surface area (Å²) in [6, 6.07) is 10.0. The molecule has 0 saturated carbocycles. The number of hydrogen-bond donors (Lipinski definition) is 2. The zero-order chi connectivity index (χ0) is 14.8. The highest BCUT2D eigenvalue weighted by Crippen LogP contribution is 2.36. The van der Waals surface area contributed by atoms with Gasteiger partial charge in [0.1, 0.15) is 5.75 Å². The first-order valence-corrected chi connectivity index (χ1v) is 6.54. The van der Waals surface area contributed by atoms with Crippen LogP contribution >= 0.6 is 15.9 Å². The molecule has 0 spiro atoms. The molecule has 6 heteroatoms. The minimum atomic E-state index is -4.40. The molecule has 0 aliphatic rings. The quantitative estimate of drug-likeness (QED) is 0.838. The molecule has 0 heterocycles. The molecule has 0 amide bonds. The Balaban J connectivity index is 2.20. The van der Waals surface area contributed by atoms with Gasteiger partial charge < -0.3 is 10.4 Å². The van der Waals surface area contributed by atoms with E-state index in [-0.39, 0.29) is 18.0 Å². The van der Waals surface area contributed by atoms with Crippen LogP contribution in [-0.2, 0) is 12.7 Å². The van der Waals surface area contributed by atoms with Gasteiger partial charge in [-0.15, -0.1) is 0 Å². The Labute approximate surface area is 122 Å². The molecule has 0 aliphatic heterocycles. The number of hydrogen-bond acceptors (Lipinski definition) is 2. The van der Waals surface area contributed by atoms with Crippen molar-refractivity contribution in [2.75, 3.05) is 5.32 Å². The maximum absolute atomic E-state index is 12.9. The third-order valence-electron chi connectivity index (χ3n) is 2.71. The summed E-state index contributed by atoms with van der Waals surface area (Å²) in [6.45, 7) is 0.236. The van der Waals surface area contributed by atoms with Gasteiger partial charge in [-0.1, -0.05) is 28.1 Å². The van der Waals surface area contributed by atoms with Gasteiger partial charge in [0.2, 0.25) is 0 Å². The summed E-state index contributed by atoms with van der Waals surface area (Å²) in [6.07, 6.45) is -4.40. The third kappa shape index (κ3) is 3.66. The molecule has 0 radical (unpaired) electrons. The van der Waals surface area contributed by atoms with E-state index in [4.69, 9.17) is 5.11 Å². The van der Waals surface area contributed by atoms with E-state index in [0.717, 1.165) is 11.6 Å². The Kier molecular flexibility index (Phi) is 4.23. The number of rotatable bonds is 3. The summed E-state index contributed by atoms with van der Waals surface area (Å²) in [5.74, 6) is 0.118. The fourth-order valence-electron chi connectivity index (χ4n) is 1.72. The van der Waals surface area contributed by atoms with E-state index in [1.165, 1.54) is 24.3 Å². The van der Waals surface area contributed by atoms with E-state index >= 15 is 0 Å². The third-order valence-corrected chi connectivity index (χ3v) is 3.20. The second-order valence-electron chi connectivity index (χ2n) is 4.21. The Hall–Kier alpha value is -1.69. The van der Waals surface area contributed by atoms with Crippen LogP contribution in [0.15, 0.2) is 46.9 Å². The number of phenols is 1. The molecule has 106 valence electrons. The molecule has 0 bridgehead atoms. The van der Waals surface area contributed by atoms with Crippen LogP contribution in [0, 0.1) is 0 Å². The zero-order valence-corrected chi connectivity index (χ0v) is 11.8. The lowest BCUT2D eigenvalue weighted by atomic mass is 10.1. The Morgan fingerprint density at radius 2 is 1.70 bits per heavy atom. The van der Waals surface area contributed by atoms with E-state index in [1.54, 1.807) is 12.1 Å². The molecule has 0 unspecified atom stereocenters. The molecule has 0 aromatic heterocycles. The minimum absolute atomic E-state index is 0.0138. The van der Waals surface area contributed by atoms with Crippen molar-refractivity contribution in [3.63, 3.8) is 0 Å². The van der Waals surface area contributed by atoms with Crippen molar-refractivity contribution in [1.82, 2.24) is 0 Å². The highest BCUT2D eigenvalue weighted by molar-refractivity contribution is 9.10. The molecular weight excluding hydrogens is 335 g/mol. The van der Waals surface area contributed by atoms with Crippen LogP contribution in [0.3, 0.4) is 0 Å². The van der Waals surface area contributed by atoms with Crippen LogP contribution in [0.1, 0.15) is 11.1 Å². The molecule has 0 atom stereocenters. The lowest BCUT2D eigenvalue weighted by Crippen LogP contribution is -2.10. The highest BCUT2D eigenvalue weighted by atomic mass is 79.9. The average Bonchev–Trinajstić information content (AvgIpc) is 2.36. The van der Waals surface area contributed by atoms with Crippen molar-refractivity contribution in [3.05, 3.63) is 58.1 Å². The summed E-state index contributed by atoms with van der Waals surface area (Å²) in [4.78, 5) is 0. The lowest BCUT2D eigenvalue weighted by molar-refractivity contribution is -0.137. The number of benzene rings is 2. The standard InChI is InChI=1S/C14H11BrF3NO/c15-10-3-6-12(14(16,17)18)13(7-10)19-8-9-1-4-11(20)5-2-9/h1-7,19-20H,8H2. The number of phenolic OH excluding ortho intramolecular Hbond substituents is 1. The summed E-state index contributed by atoms with van der Waals surface area (Å²) in [7, 11) is 0. The number of aromatic hydroxyl groups is 1. The molecule has 2 rings (SSSR count). The molecule has 20 heavy (non-hydrogen) atoms. The highest BCUT2D eigenvalue weighted by Gasteiger charge is 2.33. The van der Waals surface area contributed by atoms with E-state index < -0.39 is 11.7 Å². The van der Waals surface area contributed by atoms with Crippen LogP contribution in [0.2, 0.25) is 0 Å². The van der Waals surface area contributed by atoms with Gasteiger partial charge in [0.15, 0.2) is 0 Å². The van der Waals surface area contributed by atoms with Crippen molar-refractivity contribution in [2.45, 2.75) is 12.7 Å². The largest absolute Gasteiger partial charge is 0.508 e. The van der Waals surface area contributed by atoms with Gasteiger partial charge in [0.25, 0.3) is 0 Å². The Morgan fingerprint density at radius 3 is 2.30 bits per heavy atom. The normalized spacial score (nSPS) is 11.4. The van der Waals surface area contributed by atoms with Crippen LogP contribution in [-0.4, -0.2) is 5.11 Å². The van der Waals surface area contributed by atoms with Crippen molar-refractivity contribution < 1.29 is 18.3 Å². The monoisotopic (exact) mass is 345 g/mol. The summed E-state index contributed by atoms with van der Waals surface area (Å²) < 4.78 is 39.2. The molecular formula is C14H11BrF3NO. The molecule has 2 aromatic carbocycles. The molecule has 2 aromatic rings. The summed E-state index contributed by atoms with van der Waals surface area (Å²) in [5, 5.41) is 11.9. The second kappa shape index (κ2) is 5.75. The number of nitrogens with one attached hydrogen (secondary N) is 1. The first-order valence-electron chi connectivity index (χ1n) is 5.75. The van der Waals surface area contributed by atoms with E-state index in [9.17, 15) is 13.2 Å². The SMILES string of the molecule is Oc1ccc(CNc2cc(Br)ccc2C(F)(F)F)cc1. The second-order valence-corrected chi connectivity index (χ2v) is 5.12. The molecule has 0 saturated heterocycles. The molecule has 2 N–H and O–H groups in total. The predicted molar refractivity (Wildman–Crippen MR) is 74.6 cm³/mol. The van der Waals surface area contributed by atoms with Gasteiger partial charge in [-0.25, -0.2) is 0 Å². The van der Waals surface area contributed by atoms with Crippen molar-refractivity contribution >= 4 is 21.6 Å². The van der Waals surface area contributed by atoms with Gasteiger partial charge in [0, 0.05) is 16.7 Å². The molecule has 0 aliphatic carbocycles. The van der Waals surface area contributed by atoms with Gasteiger partial charge in [-0.05, 0) is 35.9 Å². The van der Waals surface area contributed by atoms with Crippen LogP contribution < -0.4 is 5.32 Å². The number of halogens is 4. The molecule has 0 fully saturated rings. The van der Waals surface area contributed by atoms with Crippen molar-refractivity contribution in [3.8, 4) is 5.75 Å². The fourth-order valence-corrected chi connectivity index (χ4v) is 2.08. The first kappa shape index (κ1) is 14.7. The smallest absolute Gasteiger partial charge is 0.418 e. The summed E-state index contributed by atoms with van der Waals surface area (Å²) in [5.41, 5.74) is 0.0790. The van der Waals surface area contributed by atoms with E-state index in [1.807, 2.05) is 0 Å². The summed E-state index contributed by atoms with van der Waals surface area (Å²) >= 11 is 3.16. The van der Waals surface area contributed by atoms with Crippen molar-refractivity contribution in [1.29, 1.82) is 0 Å². The predicted octanol–water partition coefficient (Wildman–Crippen LogP) is 4.79. The maximum atomic E-state index is 12.9. The van der Waals surface area contributed by atoms with Gasteiger partial charge in [-0.2, -0.15) is 13.2 Å². The fraction of sp³-hybridized carbons (Fsp3) is 0.143. The first-order chi connectivity index (χ1) is 9.36. The Morgan fingerprint density at radius 1 is 1.05 bits per heavy atom. The van der Waals surface area contributed by atoms with E-state index in [0.29, 0.717) is 4.47 Å². The number of alkyl halides is 3. The van der Waals surface area contributed by atoms with Gasteiger partial charge in [0.05, 0.1) is 5.56 Å². The van der Waals surface area contributed by atoms with E-state index in [2.05, 4.69) is 21.2 Å². The maximum Gasteiger partial charge on any atom is 0.418 e.